The lowest BCUT2D eigenvalue weighted by Crippen LogP contribution is -1.94. The standard InChI is InChI=1S/C17H14O4/c1-19-15-7-4-12(10-16(15)20-2)11-3-6-14-13(9-11)5-8-17(18)21-14/h3-10H,1-2H3. The lowest BCUT2D eigenvalue weighted by molar-refractivity contribution is 0.355. The number of rotatable bonds is 3. The fourth-order valence-electron chi connectivity index (χ4n) is 2.27. The van der Waals surface area contributed by atoms with Gasteiger partial charge in [-0.15, -0.1) is 0 Å². The van der Waals surface area contributed by atoms with Crippen LogP contribution in [0.5, 0.6) is 11.5 Å². The highest BCUT2D eigenvalue weighted by Gasteiger charge is 2.07. The Morgan fingerprint density at radius 1 is 0.810 bits per heavy atom. The van der Waals surface area contributed by atoms with E-state index in [2.05, 4.69) is 0 Å². The van der Waals surface area contributed by atoms with Crippen LogP contribution in [0.4, 0.5) is 0 Å². The van der Waals surface area contributed by atoms with Gasteiger partial charge in [0.05, 0.1) is 14.2 Å². The van der Waals surface area contributed by atoms with Gasteiger partial charge in [0.1, 0.15) is 5.58 Å². The smallest absolute Gasteiger partial charge is 0.336 e. The van der Waals surface area contributed by atoms with Gasteiger partial charge in [-0.25, -0.2) is 4.79 Å². The molecule has 4 nitrogen and oxygen atoms in total. The summed E-state index contributed by atoms with van der Waals surface area (Å²) in [7, 11) is 3.21. The predicted octanol–water partition coefficient (Wildman–Crippen LogP) is 3.48. The molecule has 0 N–H and O–H groups in total. The van der Waals surface area contributed by atoms with E-state index in [0.29, 0.717) is 17.1 Å². The average molecular weight is 282 g/mol. The lowest BCUT2D eigenvalue weighted by Gasteiger charge is -2.10. The molecule has 0 atom stereocenters. The molecule has 0 saturated carbocycles. The summed E-state index contributed by atoms with van der Waals surface area (Å²) in [4.78, 5) is 11.2. The quantitative estimate of drug-likeness (QED) is 0.690. The summed E-state index contributed by atoms with van der Waals surface area (Å²) < 4.78 is 15.7. The van der Waals surface area contributed by atoms with Crippen molar-refractivity contribution in [2.45, 2.75) is 0 Å². The Morgan fingerprint density at radius 3 is 2.29 bits per heavy atom. The summed E-state index contributed by atoms with van der Waals surface area (Å²) in [5.74, 6) is 1.36. The molecule has 0 aliphatic carbocycles. The molecule has 3 rings (SSSR count). The summed E-state index contributed by atoms with van der Waals surface area (Å²) in [6, 6.07) is 14.6. The average Bonchev–Trinajstić information content (AvgIpc) is 2.53. The van der Waals surface area contributed by atoms with Crippen LogP contribution >= 0.6 is 0 Å². The monoisotopic (exact) mass is 282 g/mol. The van der Waals surface area contributed by atoms with Crippen LogP contribution in [0, 0.1) is 0 Å². The van der Waals surface area contributed by atoms with E-state index in [-0.39, 0.29) is 5.63 Å². The minimum atomic E-state index is -0.346. The largest absolute Gasteiger partial charge is 0.493 e. The third kappa shape index (κ3) is 2.48. The normalized spacial score (nSPS) is 10.6. The Morgan fingerprint density at radius 2 is 1.52 bits per heavy atom. The summed E-state index contributed by atoms with van der Waals surface area (Å²) in [6.45, 7) is 0. The number of fused-ring (bicyclic) bond motifs is 1. The van der Waals surface area contributed by atoms with Crippen LogP contribution in [0.1, 0.15) is 0 Å². The van der Waals surface area contributed by atoms with E-state index in [0.717, 1.165) is 16.5 Å². The number of benzene rings is 2. The van der Waals surface area contributed by atoms with E-state index >= 15 is 0 Å². The highest BCUT2D eigenvalue weighted by atomic mass is 16.5. The van der Waals surface area contributed by atoms with Gasteiger partial charge < -0.3 is 13.9 Å². The van der Waals surface area contributed by atoms with Crippen molar-refractivity contribution in [1.29, 1.82) is 0 Å². The van der Waals surface area contributed by atoms with Crippen LogP contribution in [0.25, 0.3) is 22.1 Å². The molecule has 21 heavy (non-hydrogen) atoms. The molecule has 0 unspecified atom stereocenters. The van der Waals surface area contributed by atoms with Crippen molar-refractivity contribution in [1.82, 2.24) is 0 Å². The maximum atomic E-state index is 11.2. The third-order valence-corrected chi connectivity index (χ3v) is 3.34. The van der Waals surface area contributed by atoms with E-state index in [4.69, 9.17) is 13.9 Å². The van der Waals surface area contributed by atoms with Crippen LogP contribution < -0.4 is 15.1 Å². The van der Waals surface area contributed by atoms with Crippen LogP contribution in [-0.2, 0) is 0 Å². The Kier molecular flexibility index (Phi) is 3.36. The number of hydrogen-bond acceptors (Lipinski definition) is 4. The summed E-state index contributed by atoms with van der Waals surface area (Å²) >= 11 is 0. The highest BCUT2D eigenvalue weighted by molar-refractivity contribution is 5.83. The minimum Gasteiger partial charge on any atom is -0.493 e. The van der Waals surface area contributed by atoms with Crippen molar-refractivity contribution < 1.29 is 13.9 Å². The summed E-state index contributed by atoms with van der Waals surface area (Å²) in [5, 5.41) is 0.877. The maximum absolute atomic E-state index is 11.2. The fourth-order valence-corrected chi connectivity index (χ4v) is 2.27. The van der Waals surface area contributed by atoms with Gasteiger partial charge in [0.25, 0.3) is 0 Å². The molecule has 2 aromatic carbocycles. The highest BCUT2D eigenvalue weighted by Crippen LogP contribution is 2.33. The van der Waals surface area contributed by atoms with Gasteiger partial charge in [-0.05, 0) is 41.5 Å². The number of hydrogen-bond donors (Lipinski definition) is 0. The van der Waals surface area contributed by atoms with Crippen molar-refractivity contribution in [2.24, 2.45) is 0 Å². The Bertz CT molecular complexity index is 849. The lowest BCUT2D eigenvalue weighted by atomic mass is 10.0. The van der Waals surface area contributed by atoms with Gasteiger partial charge in [0.2, 0.25) is 0 Å². The molecule has 1 heterocycles. The molecule has 0 spiro atoms. The predicted molar refractivity (Wildman–Crippen MR) is 81.0 cm³/mol. The van der Waals surface area contributed by atoms with Gasteiger partial charge in [-0.3, -0.25) is 0 Å². The van der Waals surface area contributed by atoms with Crippen LogP contribution in [-0.4, -0.2) is 14.2 Å². The fraction of sp³-hybridized carbons (Fsp3) is 0.118. The van der Waals surface area contributed by atoms with E-state index in [1.54, 1.807) is 26.4 Å². The van der Waals surface area contributed by atoms with Gasteiger partial charge in [-0.1, -0.05) is 12.1 Å². The molecule has 0 radical (unpaired) electrons. The zero-order chi connectivity index (χ0) is 14.8. The van der Waals surface area contributed by atoms with E-state index in [1.807, 2.05) is 30.3 Å². The molecule has 106 valence electrons. The second kappa shape index (κ2) is 5.32. The Hall–Kier alpha value is -2.75. The van der Waals surface area contributed by atoms with Crippen LogP contribution in [0.3, 0.4) is 0 Å². The molecule has 3 aromatic rings. The van der Waals surface area contributed by atoms with Crippen molar-refractivity contribution >= 4 is 11.0 Å². The second-order valence-electron chi connectivity index (χ2n) is 4.58. The topological polar surface area (TPSA) is 48.7 Å². The molecule has 1 aromatic heterocycles. The zero-order valence-corrected chi connectivity index (χ0v) is 11.8. The summed E-state index contributed by atoms with van der Waals surface area (Å²) in [6.07, 6.45) is 0. The molecule has 0 saturated heterocycles. The van der Waals surface area contributed by atoms with Crippen molar-refractivity contribution in [3.05, 3.63) is 59.0 Å². The molecule has 0 bridgehead atoms. The molecular formula is C17H14O4. The summed E-state index contributed by atoms with van der Waals surface area (Å²) in [5.41, 5.74) is 2.24. The van der Waals surface area contributed by atoms with Crippen molar-refractivity contribution in [2.75, 3.05) is 14.2 Å². The maximum Gasteiger partial charge on any atom is 0.336 e. The molecule has 0 amide bonds. The SMILES string of the molecule is COc1ccc(-c2ccc3oc(=O)ccc3c2)cc1OC. The molecular weight excluding hydrogens is 268 g/mol. The first-order valence-electron chi connectivity index (χ1n) is 6.47. The molecule has 0 fully saturated rings. The van der Waals surface area contributed by atoms with Gasteiger partial charge >= 0.3 is 5.63 Å². The van der Waals surface area contributed by atoms with E-state index in [1.165, 1.54) is 6.07 Å². The third-order valence-electron chi connectivity index (χ3n) is 3.34. The first-order chi connectivity index (χ1) is 10.2. The van der Waals surface area contributed by atoms with Gasteiger partial charge in [-0.2, -0.15) is 0 Å². The van der Waals surface area contributed by atoms with Crippen LogP contribution in [0.15, 0.2) is 57.7 Å². The number of ether oxygens (including phenoxy) is 2. The molecule has 0 aliphatic heterocycles. The zero-order valence-electron chi connectivity index (χ0n) is 11.8. The van der Waals surface area contributed by atoms with Gasteiger partial charge in [0, 0.05) is 11.5 Å². The van der Waals surface area contributed by atoms with E-state index in [9.17, 15) is 4.79 Å². The second-order valence-corrected chi connectivity index (χ2v) is 4.58. The first kappa shape index (κ1) is 13.2. The minimum absolute atomic E-state index is 0.346. The Balaban J connectivity index is 2.11. The number of methoxy groups -OCH3 is 2. The van der Waals surface area contributed by atoms with Gasteiger partial charge in [0.15, 0.2) is 11.5 Å². The Labute approximate surface area is 121 Å². The first-order valence-corrected chi connectivity index (χ1v) is 6.47. The van der Waals surface area contributed by atoms with E-state index < -0.39 is 0 Å². The molecule has 4 heteroatoms. The molecule has 0 aliphatic rings. The van der Waals surface area contributed by atoms with Crippen LogP contribution in [0.2, 0.25) is 0 Å². The van der Waals surface area contributed by atoms with Crippen molar-refractivity contribution in [3.8, 4) is 22.6 Å². The van der Waals surface area contributed by atoms with Crippen molar-refractivity contribution in [3.63, 3.8) is 0 Å².